The van der Waals surface area contributed by atoms with Crippen LogP contribution < -0.4 is 5.32 Å². The third-order valence-corrected chi connectivity index (χ3v) is 7.01. The second kappa shape index (κ2) is 10.8. The Morgan fingerprint density at radius 1 is 1.15 bits per heavy atom. The first kappa shape index (κ1) is 23.9. The Morgan fingerprint density at radius 3 is 2.62 bits per heavy atom. The van der Waals surface area contributed by atoms with Crippen LogP contribution in [0, 0.1) is 5.82 Å². The van der Waals surface area contributed by atoms with Gasteiger partial charge in [-0.2, -0.15) is 4.99 Å². The lowest BCUT2D eigenvalue weighted by Crippen LogP contribution is -2.33. The van der Waals surface area contributed by atoms with Gasteiger partial charge in [-0.05, 0) is 55.2 Å². The number of likely N-dealkylation sites (tertiary alicyclic amines) is 1. The van der Waals surface area contributed by atoms with E-state index in [1.54, 1.807) is 43.4 Å². The summed E-state index contributed by atoms with van der Waals surface area (Å²) in [5, 5.41) is 2.99. The van der Waals surface area contributed by atoms with Crippen LogP contribution in [0.25, 0.3) is 0 Å². The lowest BCUT2D eigenvalue weighted by Gasteiger charge is -2.27. The van der Waals surface area contributed by atoms with Gasteiger partial charge < -0.3 is 15.1 Å². The molecular weight excluding hydrogens is 455 g/mol. The molecule has 2 heterocycles. The number of carbonyl (C=O) groups excluding carboxylic acids is 3. The second-order valence-corrected chi connectivity index (χ2v) is 9.68. The smallest absolute Gasteiger partial charge is 0.262 e. The fourth-order valence-corrected chi connectivity index (χ4v) is 5.11. The number of nitrogens with zero attached hydrogens (tertiary/aromatic N) is 3. The average Bonchev–Trinajstić information content (AvgIpc) is 3.20. The van der Waals surface area contributed by atoms with Gasteiger partial charge in [-0.3, -0.25) is 14.4 Å². The molecule has 1 atom stereocenters. The molecule has 1 N–H and O–H groups in total. The minimum atomic E-state index is -0.524. The zero-order valence-electron chi connectivity index (χ0n) is 19.0. The summed E-state index contributed by atoms with van der Waals surface area (Å²) in [5.41, 5.74) is 1.72. The van der Waals surface area contributed by atoms with Crippen molar-refractivity contribution in [2.45, 2.75) is 37.5 Å². The summed E-state index contributed by atoms with van der Waals surface area (Å²) in [7, 11) is 1.67. The molecule has 2 aliphatic rings. The predicted molar refractivity (Wildman–Crippen MR) is 131 cm³/mol. The van der Waals surface area contributed by atoms with E-state index in [0.717, 1.165) is 36.7 Å². The Balaban J connectivity index is 1.32. The van der Waals surface area contributed by atoms with Crippen LogP contribution >= 0.6 is 11.8 Å². The maximum Gasteiger partial charge on any atom is 0.262 e. The highest BCUT2D eigenvalue weighted by molar-refractivity contribution is 8.15. The van der Waals surface area contributed by atoms with Crippen LogP contribution in [0.5, 0.6) is 0 Å². The number of piperidine rings is 1. The molecular formula is C25H27FN4O3S. The number of aliphatic imine (C=N–C) groups is 1. The predicted octanol–water partition coefficient (Wildman–Crippen LogP) is 3.91. The largest absolute Gasteiger partial charge is 0.351 e. The molecule has 2 aromatic rings. The van der Waals surface area contributed by atoms with Gasteiger partial charge in [0.1, 0.15) is 11.1 Å². The number of rotatable bonds is 6. The van der Waals surface area contributed by atoms with Crippen molar-refractivity contribution in [3.63, 3.8) is 0 Å². The molecule has 0 bridgehead atoms. The van der Waals surface area contributed by atoms with E-state index in [1.165, 1.54) is 35.2 Å². The molecule has 1 saturated heterocycles. The van der Waals surface area contributed by atoms with E-state index in [-0.39, 0.29) is 30.0 Å². The van der Waals surface area contributed by atoms with E-state index < -0.39 is 5.25 Å². The number of hydrogen-bond acceptors (Lipinski definition) is 5. The van der Waals surface area contributed by atoms with Gasteiger partial charge in [0.05, 0.1) is 0 Å². The van der Waals surface area contributed by atoms with E-state index in [0.29, 0.717) is 17.8 Å². The molecule has 0 radical (unpaired) electrons. The number of carbonyl (C=O) groups is 3. The third kappa shape index (κ3) is 6.02. The Bertz CT molecular complexity index is 1100. The van der Waals surface area contributed by atoms with Crippen LogP contribution in [-0.2, 0) is 16.1 Å². The van der Waals surface area contributed by atoms with Gasteiger partial charge in [-0.15, -0.1) is 0 Å². The first-order chi connectivity index (χ1) is 16.4. The Labute approximate surface area is 202 Å². The lowest BCUT2D eigenvalue weighted by atomic mass is 10.1. The summed E-state index contributed by atoms with van der Waals surface area (Å²) in [5.74, 6) is -1.12. The van der Waals surface area contributed by atoms with Gasteiger partial charge in [-0.25, -0.2) is 4.39 Å². The van der Waals surface area contributed by atoms with Gasteiger partial charge in [0, 0.05) is 44.4 Å². The molecule has 178 valence electrons. The number of nitrogens with one attached hydrogen (secondary N) is 1. The fraction of sp³-hybridized carbons (Fsp3) is 0.360. The van der Waals surface area contributed by atoms with Gasteiger partial charge in [0.25, 0.3) is 11.8 Å². The number of amides is 3. The van der Waals surface area contributed by atoms with Gasteiger partial charge >= 0.3 is 0 Å². The first-order valence-corrected chi connectivity index (χ1v) is 12.2. The van der Waals surface area contributed by atoms with Gasteiger partial charge in [0.15, 0.2) is 5.17 Å². The van der Waals surface area contributed by atoms with Crippen LogP contribution in [0.15, 0.2) is 53.5 Å². The minimum Gasteiger partial charge on any atom is -0.351 e. The Hall–Kier alpha value is -3.20. The number of amidine groups is 1. The van der Waals surface area contributed by atoms with Crippen LogP contribution in [-0.4, -0.2) is 58.1 Å². The molecule has 1 fully saturated rings. The Morgan fingerprint density at radius 2 is 1.88 bits per heavy atom. The van der Waals surface area contributed by atoms with Crippen molar-refractivity contribution in [2.75, 3.05) is 25.5 Å². The molecule has 0 aromatic heterocycles. The molecule has 0 aliphatic carbocycles. The van der Waals surface area contributed by atoms with Crippen molar-refractivity contribution in [1.82, 2.24) is 9.80 Å². The zero-order valence-corrected chi connectivity index (χ0v) is 19.8. The summed E-state index contributed by atoms with van der Waals surface area (Å²) in [4.78, 5) is 45.6. The normalized spacial score (nSPS) is 17.9. The van der Waals surface area contributed by atoms with Crippen molar-refractivity contribution in [2.24, 2.45) is 4.99 Å². The van der Waals surface area contributed by atoms with Crippen molar-refractivity contribution >= 4 is 40.3 Å². The van der Waals surface area contributed by atoms with Crippen molar-refractivity contribution < 1.29 is 18.8 Å². The highest BCUT2D eigenvalue weighted by atomic mass is 32.2. The standard InChI is InChI=1S/C25H27FN4O3S/c1-29(16-17-8-10-19(26)11-9-17)24(33)18-6-5-7-20(14-18)27-22(31)15-21-23(32)28-25(34-21)30-12-3-2-4-13-30/h5-11,14,21H,2-4,12-13,15-16H2,1H3,(H,27,31)/t21-/m1/s1. The van der Waals surface area contributed by atoms with Crippen LogP contribution in [0.1, 0.15) is 41.6 Å². The Kier molecular flexibility index (Phi) is 7.62. The number of hydrogen-bond donors (Lipinski definition) is 1. The van der Waals surface area contributed by atoms with Crippen LogP contribution in [0.4, 0.5) is 10.1 Å². The minimum absolute atomic E-state index is 0.0208. The summed E-state index contributed by atoms with van der Waals surface area (Å²) in [6.07, 6.45) is 3.39. The molecule has 34 heavy (non-hydrogen) atoms. The molecule has 0 spiro atoms. The van der Waals surface area contributed by atoms with Crippen molar-refractivity contribution in [1.29, 1.82) is 0 Å². The SMILES string of the molecule is CN(Cc1ccc(F)cc1)C(=O)c1cccc(NC(=O)C[C@H]2SC(N3CCCCC3)=NC2=O)c1. The molecule has 2 aliphatic heterocycles. The zero-order chi connectivity index (χ0) is 24.1. The van der Waals surface area contributed by atoms with E-state index in [2.05, 4.69) is 15.2 Å². The van der Waals surface area contributed by atoms with E-state index >= 15 is 0 Å². The highest BCUT2D eigenvalue weighted by Gasteiger charge is 2.33. The maximum atomic E-state index is 13.1. The number of halogens is 1. The second-order valence-electron chi connectivity index (χ2n) is 8.51. The van der Waals surface area contributed by atoms with Crippen LogP contribution in [0.3, 0.4) is 0 Å². The highest BCUT2D eigenvalue weighted by Crippen LogP contribution is 2.29. The summed E-state index contributed by atoms with van der Waals surface area (Å²) < 4.78 is 13.1. The molecule has 7 nitrogen and oxygen atoms in total. The number of thioether (sulfide) groups is 1. The van der Waals surface area contributed by atoms with E-state index in [9.17, 15) is 18.8 Å². The van der Waals surface area contributed by atoms with E-state index in [4.69, 9.17) is 0 Å². The maximum absolute atomic E-state index is 13.1. The quantitative estimate of drug-likeness (QED) is 0.675. The van der Waals surface area contributed by atoms with Crippen molar-refractivity contribution in [3.8, 4) is 0 Å². The number of benzene rings is 2. The monoisotopic (exact) mass is 482 g/mol. The fourth-order valence-electron chi connectivity index (χ4n) is 4.00. The average molecular weight is 483 g/mol. The summed E-state index contributed by atoms with van der Waals surface area (Å²) >= 11 is 1.36. The molecule has 0 saturated carbocycles. The summed E-state index contributed by atoms with van der Waals surface area (Å²) in [6, 6.07) is 12.7. The van der Waals surface area contributed by atoms with Gasteiger partial charge in [-0.1, -0.05) is 30.0 Å². The molecule has 0 unspecified atom stereocenters. The molecule has 3 amide bonds. The number of anilines is 1. The van der Waals surface area contributed by atoms with E-state index in [1.807, 2.05) is 0 Å². The molecule has 9 heteroatoms. The molecule has 2 aromatic carbocycles. The third-order valence-electron chi connectivity index (χ3n) is 5.80. The first-order valence-electron chi connectivity index (χ1n) is 11.3. The van der Waals surface area contributed by atoms with Crippen molar-refractivity contribution in [3.05, 3.63) is 65.5 Å². The topological polar surface area (TPSA) is 82.1 Å². The summed E-state index contributed by atoms with van der Waals surface area (Å²) in [6.45, 7) is 2.12. The van der Waals surface area contributed by atoms with Crippen LogP contribution in [0.2, 0.25) is 0 Å². The molecule has 4 rings (SSSR count). The lowest BCUT2D eigenvalue weighted by molar-refractivity contribution is -0.121. The van der Waals surface area contributed by atoms with Gasteiger partial charge in [0.2, 0.25) is 5.91 Å².